The second kappa shape index (κ2) is 8.34. The molecule has 0 saturated carbocycles. The van der Waals surface area contributed by atoms with E-state index in [2.05, 4.69) is 10.3 Å². The van der Waals surface area contributed by atoms with E-state index in [1.54, 1.807) is 32.2 Å². The summed E-state index contributed by atoms with van der Waals surface area (Å²) in [6.07, 6.45) is 2.07. The first kappa shape index (κ1) is 18.5. The van der Waals surface area contributed by atoms with Gasteiger partial charge in [0.1, 0.15) is 6.04 Å². The zero-order chi connectivity index (χ0) is 18.4. The van der Waals surface area contributed by atoms with Gasteiger partial charge in [0.15, 0.2) is 0 Å². The molecule has 1 aromatic heterocycles. The van der Waals surface area contributed by atoms with Gasteiger partial charge in [0.25, 0.3) is 5.69 Å². The SMILES string of the molecule is COC(=O)[C@@H](Cc1ccccn1)NCc1cc(C)c([N+](=O)[O-])c(C)c1. The summed E-state index contributed by atoms with van der Waals surface area (Å²) in [6, 6.07) is 8.49. The smallest absolute Gasteiger partial charge is 0.323 e. The van der Waals surface area contributed by atoms with Gasteiger partial charge >= 0.3 is 5.97 Å². The number of nitro benzene ring substituents is 1. The highest BCUT2D eigenvalue weighted by Gasteiger charge is 2.21. The molecular weight excluding hydrogens is 322 g/mol. The lowest BCUT2D eigenvalue weighted by molar-refractivity contribution is -0.386. The first-order chi connectivity index (χ1) is 11.9. The molecule has 0 aliphatic carbocycles. The van der Waals surface area contributed by atoms with Crippen LogP contribution < -0.4 is 5.32 Å². The summed E-state index contributed by atoms with van der Waals surface area (Å²) in [5.41, 5.74) is 2.97. The van der Waals surface area contributed by atoms with Crippen LogP contribution in [0.15, 0.2) is 36.5 Å². The molecule has 0 aliphatic rings. The molecule has 0 radical (unpaired) electrons. The largest absolute Gasteiger partial charge is 0.468 e. The first-order valence-electron chi connectivity index (χ1n) is 7.88. The molecule has 1 heterocycles. The normalized spacial score (nSPS) is 11.8. The van der Waals surface area contributed by atoms with Gasteiger partial charge in [-0.1, -0.05) is 6.07 Å². The number of pyridine rings is 1. The lowest BCUT2D eigenvalue weighted by atomic mass is 10.0. The van der Waals surface area contributed by atoms with E-state index in [-0.39, 0.29) is 16.6 Å². The van der Waals surface area contributed by atoms with E-state index in [4.69, 9.17) is 4.74 Å². The summed E-state index contributed by atoms with van der Waals surface area (Å²) < 4.78 is 4.85. The Hall–Kier alpha value is -2.80. The van der Waals surface area contributed by atoms with E-state index < -0.39 is 6.04 Å². The molecule has 0 bridgehead atoms. The lowest BCUT2D eigenvalue weighted by Gasteiger charge is -2.16. The van der Waals surface area contributed by atoms with Crippen molar-refractivity contribution < 1.29 is 14.5 Å². The molecule has 0 amide bonds. The summed E-state index contributed by atoms with van der Waals surface area (Å²) in [7, 11) is 1.34. The molecule has 2 rings (SSSR count). The van der Waals surface area contributed by atoms with Crippen molar-refractivity contribution >= 4 is 11.7 Å². The van der Waals surface area contributed by atoms with Gasteiger partial charge < -0.3 is 4.74 Å². The Morgan fingerprint density at radius 3 is 2.52 bits per heavy atom. The third-order valence-electron chi connectivity index (χ3n) is 3.91. The Bertz CT molecular complexity index is 739. The van der Waals surface area contributed by atoms with Crippen LogP contribution in [-0.2, 0) is 22.5 Å². The minimum atomic E-state index is -0.546. The molecule has 7 nitrogen and oxygen atoms in total. The Morgan fingerprint density at radius 1 is 1.32 bits per heavy atom. The van der Waals surface area contributed by atoms with Crippen LogP contribution in [0.2, 0.25) is 0 Å². The summed E-state index contributed by atoms with van der Waals surface area (Å²) in [5.74, 6) is -0.374. The van der Waals surface area contributed by atoms with Crippen LogP contribution in [0.25, 0.3) is 0 Å². The van der Waals surface area contributed by atoms with Crippen molar-refractivity contribution in [1.82, 2.24) is 10.3 Å². The van der Waals surface area contributed by atoms with Crippen LogP contribution in [0, 0.1) is 24.0 Å². The highest BCUT2D eigenvalue weighted by Crippen LogP contribution is 2.24. The molecule has 7 heteroatoms. The molecule has 132 valence electrons. The third-order valence-corrected chi connectivity index (χ3v) is 3.91. The number of hydrogen-bond acceptors (Lipinski definition) is 6. The van der Waals surface area contributed by atoms with E-state index in [1.807, 2.05) is 18.2 Å². The van der Waals surface area contributed by atoms with Crippen LogP contribution in [0.5, 0.6) is 0 Å². The number of nitrogens with zero attached hydrogens (tertiary/aromatic N) is 2. The Balaban J connectivity index is 2.12. The fraction of sp³-hybridized carbons (Fsp3) is 0.333. The maximum atomic E-state index is 12.0. The molecule has 1 aromatic carbocycles. The third kappa shape index (κ3) is 4.84. The van der Waals surface area contributed by atoms with Gasteiger partial charge in [0, 0.05) is 36.0 Å². The standard InChI is InChI=1S/C18H21N3O4/c1-12-8-14(9-13(2)17(12)21(23)24)11-20-16(18(22)25-3)10-15-6-4-5-7-19-15/h4-9,16,20H,10-11H2,1-3H3/t16-/m1/s1. The lowest BCUT2D eigenvalue weighted by Crippen LogP contribution is -2.39. The average Bonchev–Trinajstić information content (AvgIpc) is 2.57. The van der Waals surface area contributed by atoms with Crippen molar-refractivity contribution in [1.29, 1.82) is 0 Å². The number of esters is 1. The summed E-state index contributed by atoms with van der Waals surface area (Å²) in [6.45, 7) is 3.81. The van der Waals surface area contributed by atoms with Gasteiger partial charge in [0.05, 0.1) is 12.0 Å². The van der Waals surface area contributed by atoms with Gasteiger partial charge in [-0.2, -0.15) is 0 Å². The summed E-state index contributed by atoms with van der Waals surface area (Å²) in [5, 5.41) is 14.2. The number of aryl methyl sites for hydroxylation is 2. The zero-order valence-electron chi connectivity index (χ0n) is 14.5. The number of aromatic nitrogens is 1. The highest BCUT2D eigenvalue weighted by atomic mass is 16.6. The van der Waals surface area contributed by atoms with E-state index in [0.717, 1.165) is 11.3 Å². The molecule has 1 N–H and O–H groups in total. The van der Waals surface area contributed by atoms with Crippen molar-refractivity contribution in [2.45, 2.75) is 32.9 Å². The minimum absolute atomic E-state index is 0.127. The van der Waals surface area contributed by atoms with Crippen molar-refractivity contribution in [3.63, 3.8) is 0 Å². The number of nitro groups is 1. The molecule has 0 spiro atoms. The molecule has 2 aromatic rings. The van der Waals surface area contributed by atoms with Crippen LogP contribution in [0.4, 0.5) is 5.69 Å². The number of nitrogens with one attached hydrogen (secondary N) is 1. The van der Waals surface area contributed by atoms with Crippen molar-refractivity contribution in [2.75, 3.05) is 7.11 Å². The fourth-order valence-corrected chi connectivity index (χ4v) is 2.79. The topological polar surface area (TPSA) is 94.4 Å². The molecule has 0 unspecified atom stereocenters. The summed E-state index contributed by atoms with van der Waals surface area (Å²) in [4.78, 5) is 26.9. The first-order valence-corrected chi connectivity index (χ1v) is 7.88. The molecule has 0 fully saturated rings. The molecule has 25 heavy (non-hydrogen) atoms. The zero-order valence-corrected chi connectivity index (χ0v) is 14.5. The van der Waals surface area contributed by atoms with E-state index in [0.29, 0.717) is 24.1 Å². The van der Waals surface area contributed by atoms with Gasteiger partial charge in [-0.3, -0.25) is 25.2 Å². The van der Waals surface area contributed by atoms with Crippen LogP contribution in [0.1, 0.15) is 22.4 Å². The van der Waals surface area contributed by atoms with E-state index >= 15 is 0 Å². The number of carbonyl (C=O) groups is 1. The predicted molar refractivity (Wildman–Crippen MR) is 93.2 cm³/mol. The van der Waals surface area contributed by atoms with Crippen molar-refractivity contribution in [2.24, 2.45) is 0 Å². The van der Waals surface area contributed by atoms with Gasteiger partial charge in [-0.15, -0.1) is 0 Å². The Morgan fingerprint density at radius 2 is 2.00 bits per heavy atom. The van der Waals surface area contributed by atoms with Crippen LogP contribution in [0.3, 0.4) is 0 Å². The monoisotopic (exact) mass is 343 g/mol. The van der Waals surface area contributed by atoms with Crippen LogP contribution in [-0.4, -0.2) is 29.0 Å². The quantitative estimate of drug-likeness (QED) is 0.471. The van der Waals surface area contributed by atoms with Gasteiger partial charge in [0.2, 0.25) is 0 Å². The predicted octanol–water partition coefficient (Wildman–Crippen LogP) is 2.48. The number of carbonyl (C=O) groups excluding carboxylic acids is 1. The van der Waals surface area contributed by atoms with Crippen molar-refractivity contribution in [3.05, 3.63) is 69.0 Å². The maximum Gasteiger partial charge on any atom is 0.323 e. The second-order valence-corrected chi connectivity index (χ2v) is 5.82. The second-order valence-electron chi connectivity index (χ2n) is 5.82. The molecule has 0 saturated heterocycles. The number of hydrogen-bond donors (Lipinski definition) is 1. The molecular formula is C18H21N3O4. The highest BCUT2D eigenvalue weighted by molar-refractivity contribution is 5.76. The van der Waals surface area contributed by atoms with Crippen LogP contribution >= 0.6 is 0 Å². The Labute approximate surface area is 146 Å². The van der Waals surface area contributed by atoms with Crippen molar-refractivity contribution in [3.8, 4) is 0 Å². The maximum absolute atomic E-state index is 12.0. The fourth-order valence-electron chi connectivity index (χ4n) is 2.79. The van der Waals surface area contributed by atoms with Gasteiger partial charge in [-0.05, 0) is 43.7 Å². The number of ether oxygens (including phenoxy) is 1. The number of benzene rings is 1. The Kier molecular flexibility index (Phi) is 6.19. The van der Waals surface area contributed by atoms with E-state index in [1.165, 1.54) is 7.11 Å². The molecule has 1 atom stereocenters. The average molecular weight is 343 g/mol. The summed E-state index contributed by atoms with van der Waals surface area (Å²) >= 11 is 0. The molecule has 0 aliphatic heterocycles. The van der Waals surface area contributed by atoms with E-state index in [9.17, 15) is 14.9 Å². The van der Waals surface area contributed by atoms with Gasteiger partial charge in [-0.25, -0.2) is 0 Å². The number of methoxy groups -OCH3 is 1. The number of rotatable bonds is 7. The minimum Gasteiger partial charge on any atom is -0.468 e.